The molecular formula is C5H11Cl2NP+. The van der Waals surface area contributed by atoms with Gasteiger partial charge in [-0.3, -0.25) is 0 Å². The summed E-state index contributed by atoms with van der Waals surface area (Å²) in [5.74, 6) is 0. The second kappa shape index (κ2) is 6.80. The molecule has 0 aliphatic rings. The summed E-state index contributed by atoms with van der Waals surface area (Å²) in [5.41, 5.74) is 0. The molecule has 54 valence electrons. The minimum absolute atomic E-state index is 0.826. The van der Waals surface area contributed by atoms with E-state index >= 15 is 0 Å². The highest BCUT2D eigenvalue weighted by Gasteiger charge is 1.99. The van der Waals surface area contributed by atoms with Gasteiger partial charge >= 0.3 is 6.42 Å². The molecule has 0 unspecified atom stereocenters. The van der Waals surface area contributed by atoms with E-state index in [-0.39, 0.29) is 0 Å². The topological polar surface area (TPSA) is 12.4 Å². The predicted molar refractivity (Wildman–Crippen MR) is 45.4 cm³/mol. The molecule has 4 heteroatoms. The van der Waals surface area contributed by atoms with Crippen LogP contribution in [0.15, 0.2) is 4.74 Å². The van der Waals surface area contributed by atoms with Crippen LogP contribution in [0.1, 0.15) is 26.2 Å². The zero-order chi connectivity index (χ0) is 7.11. The van der Waals surface area contributed by atoms with E-state index in [4.69, 9.17) is 22.5 Å². The molecule has 0 atom stereocenters. The van der Waals surface area contributed by atoms with Crippen molar-refractivity contribution in [2.24, 2.45) is 4.74 Å². The molecular weight excluding hydrogens is 176 g/mol. The van der Waals surface area contributed by atoms with Gasteiger partial charge in [0.2, 0.25) is 22.5 Å². The summed E-state index contributed by atoms with van der Waals surface area (Å²) in [7, 11) is 0. The van der Waals surface area contributed by atoms with Crippen molar-refractivity contribution >= 4 is 28.9 Å². The van der Waals surface area contributed by atoms with E-state index < -0.39 is 6.42 Å². The first-order chi connectivity index (χ1) is 4.27. The molecule has 0 N–H and O–H groups in total. The lowest BCUT2D eigenvalue weighted by Crippen LogP contribution is -1.76. The Morgan fingerprint density at radius 1 is 1.33 bits per heavy atom. The average molecular weight is 187 g/mol. The summed E-state index contributed by atoms with van der Waals surface area (Å²) in [5, 5.41) is 0. The van der Waals surface area contributed by atoms with Crippen molar-refractivity contribution in [1.29, 1.82) is 0 Å². The molecule has 1 nitrogen and oxygen atoms in total. The van der Waals surface area contributed by atoms with E-state index in [1.165, 1.54) is 12.8 Å². The van der Waals surface area contributed by atoms with Crippen molar-refractivity contribution in [3.05, 3.63) is 0 Å². The Morgan fingerprint density at radius 2 is 2.00 bits per heavy atom. The van der Waals surface area contributed by atoms with Gasteiger partial charge in [0, 0.05) is 0 Å². The van der Waals surface area contributed by atoms with Gasteiger partial charge in [-0.1, -0.05) is 24.5 Å². The van der Waals surface area contributed by atoms with Gasteiger partial charge in [-0.15, -0.1) is 0 Å². The maximum absolute atomic E-state index is 5.42. The van der Waals surface area contributed by atoms with Gasteiger partial charge in [0.15, 0.2) is 0 Å². The summed E-state index contributed by atoms with van der Waals surface area (Å²) in [6.07, 6.45) is 2.52. The molecule has 0 aliphatic carbocycles. The highest BCUT2D eigenvalue weighted by molar-refractivity contribution is 7.96. The first-order valence-electron chi connectivity index (χ1n) is 3.06. The summed E-state index contributed by atoms with van der Waals surface area (Å²) in [6, 6.07) is 0. The first-order valence-corrected chi connectivity index (χ1v) is 6.17. The fourth-order valence-corrected chi connectivity index (χ4v) is 1.25. The standard InChI is InChI=1S/C5H11Cl2NP/c1-2-3-4-5-8-9(6)7/h2-5H2,1H3/q+1. The van der Waals surface area contributed by atoms with Gasteiger partial charge in [0.1, 0.15) is 0 Å². The van der Waals surface area contributed by atoms with Gasteiger partial charge in [0.05, 0.1) is 6.54 Å². The quantitative estimate of drug-likeness (QED) is 0.463. The van der Waals surface area contributed by atoms with Crippen LogP contribution in [0.5, 0.6) is 0 Å². The van der Waals surface area contributed by atoms with Crippen LogP contribution in [0, 0.1) is 0 Å². The lowest BCUT2D eigenvalue weighted by Gasteiger charge is -1.85. The third-order valence-electron chi connectivity index (χ3n) is 0.969. The smallest absolute Gasteiger partial charge is 0.0749 e. The van der Waals surface area contributed by atoms with Crippen LogP contribution in [0.25, 0.3) is 0 Å². The van der Waals surface area contributed by atoms with Crippen LogP contribution in [0.2, 0.25) is 0 Å². The van der Waals surface area contributed by atoms with Crippen molar-refractivity contribution in [2.45, 2.75) is 26.2 Å². The Balaban J connectivity index is 3.00. The summed E-state index contributed by atoms with van der Waals surface area (Å²) < 4.78 is 3.96. The maximum atomic E-state index is 5.42. The lowest BCUT2D eigenvalue weighted by molar-refractivity contribution is 0.732. The molecule has 0 fully saturated rings. The third-order valence-corrected chi connectivity index (χ3v) is 2.02. The Hall–Kier alpha value is 0.680. The van der Waals surface area contributed by atoms with E-state index in [0.717, 1.165) is 13.0 Å². The van der Waals surface area contributed by atoms with Gasteiger partial charge in [-0.05, 0) is 6.42 Å². The maximum Gasteiger partial charge on any atom is 0.438 e. The monoisotopic (exact) mass is 186 g/mol. The van der Waals surface area contributed by atoms with Crippen LogP contribution in [-0.2, 0) is 0 Å². The normalized spacial score (nSPS) is 9.22. The molecule has 0 saturated carbocycles. The van der Waals surface area contributed by atoms with Crippen LogP contribution in [-0.4, -0.2) is 6.54 Å². The van der Waals surface area contributed by atoms with Crippen LogP contribution in [0.4, 0.5) is 0 Å². The lowest BCUT2D eigenvalue weighted by atomic mass is 10.3. The van der Waals surface area contributed by atoms with E-state index in [0.29, 0.717) is 0 Å². The van der Waals surface area contributed by atoms with Crippen LogP contribution in [0.3, 0.4) is 0 Å². The Labute approximate surface area is 66.8 Å². The Bertz CT molecular complexity index is 91.0. The van der Waals surface area contributed by atoms with E-state index in [9.17, 15) is 0 Å². The molecule has 0 bridgehead atoms. The number of halogens is 2. The van der Waals surface area contributed by atoms with Crippen molar-refractivity contribution in [2.75, 3.05) is 6.54 Å². The summed E-state index contributed by atoms with van der Waals surface area (Å²) >= 11 is 10.8. The van der Waals surface area contributed by atoms with Crippen LogP contribution < -0.4 is 0 Å². The molecule has 0 radical (unpaired) electrons. The fraction of sp³-hybridized carbons (Fsp3) is 1.00. The van der Waals surface area contributed by atoms with E-state index in [1.807, 2.05) is 0 Å². The number of nitrogens with zero attached hydrogens (tertiary/aromatic N) is 1. The van der Waals surface area contributed by atoms with Crippen molar-refractivity contribution in [3.8, 4) is 0 Å². The second-order valence-electron chi connectivity index (χ2n) is 1.79. The molecule has 0 aliphatic heterocycles. The Morgan fingerprint density at radius 3 is 2.44 bits per heavy atom. The third kappa shape index (κ3) is 8.68. The molecule has 0 spiro atoms. The zero-order valence-electron chi connectivity index (χ0n) is 5.48. The molecule has 0 rings (SSSR count). The number of hydrogen-bond donors (Lipinski definition) is 0. The zero-order valence-corrected chi connectivity index (χ0v) is 7.89. The predicted octanol–water partition coefficient (Wildman–Crippen LogP) is 4.15. The van der Waals surface area contributed by atoms with Gasteiger partial charge < -0.3 is 0 Å². The van der Waals surface area contributed by atoms with Crippen molar-refractivity contribution in [3.63, 3.8) is 0 Å². The molecule has 0 aromatic heterocycles. The molecule has 9 heavy (non-hydrogen) atoms. The van der Waals surface area contributed by atoms with Crippen molar-refractivity contribution < 1.29 is 0 Å². The summed E-state index contributed by atoms with van der Waals surface area (Å²) in [6.45, 7) is 2.98. The SMILES string of the molecule is CCCCCN=[P+](Cl)Cl. The number of hydrogen-bond acceptors (Lipinski definition) is 1. The van der Waals surface area contributed by atoms with E-state index in [2.05, 4.69) is 11.7 Å². The van der Waals surface area contributed by atoms with Gasteiger partial charge in [0.25, 0.3) is 0 Å². The van der Waals surface area contributed by atoms with Crippen molar-refractivity contribution in [1.82, 2.24) is 0 Å². The van der Waals surface area contributed by atoms with Crippen LogP contribution >= 0.6 is 28.9 Å². The molecule has 0 saturated heterocycles. The summed E-state index contributed by atoms with van der Waals surface area (Å²) in [4.78, 5) is 0. The molecule has 0 amide bonds. The Kier molecular flexibility index (Phi) is 7.31. The van der Waals surface area contributed by atoms with Gasteiger partial charge in [-0.25, -0.2) is 0 Å². The highest BCUT2D eigenvalue weighted by Crippen LogP contribution is 2.36. The fourth-order valence-electron chi connectivity index (χ4n) is 0.508. The minimum atomic E-state index is -1.05. The van der Waals surface area contributed by atoms with Gasteiger partial charge in [-0.2, -0.15) is 0 Å². The largest absolute Gasteiger partial charge is 0.438 e. The molecule has 0 aromatic rings. The van der Waals surface area contributed by atoms with E-state index in [1.54, 1.807) is 0 Å². The average Bonchev–Trinajstić information content (AvgIpc) is 1.80. The minimum Gasteiger partial charge on any atom is -0.0749 e. The highest BCUT2D eigenvalue weighted by atomic mass is 35.9. The first kappa shape index (κ1) is 9.68. The molecule has 0 aromatic carbocycles. The molecule has 0 heterocycles. The number of unbranched alkanes of at least 4 members (excludes halogenated alkanes) is 2. The second-order valence-corrected chi connectivity index (χ2v) is 4.94. The number of rotatable bonds is 4.